The SMILES string of the molecule is CC(C)CC(C(=O)OC(Cc1ccccc1N)C(=O)N(C)C(C=O)CC(C)C)N(C)CC(C)OC(=O)C(CC(C)C)N(C)C(=O)C(Cc1ccc(N)cc1)OC(=O)C(CC(C)C)N(C)CC(C)O. The van der Waals surface area contributed by atoms with Crippen molar-refractivity contribution in [2.75, 3.05) is 52.7 Å². The van der Waals surface area contributed by atoms with Crippen LogP contribution in [0.25, 0.3) is 0 Å². The van der Waals surface area contributed by atoms with Crippen molar-refractivity contribution in [3.8, 4) is 0 Å². The summed E-state index contributed by atoms with van der Waals surface area (Å²) in [5.41, 5.74) is 14.5. The molecule has 8 atom stereocenters. The van der Waals surface area contributed by atoms with E-state index in [4.69, 9.17) is 25.7 Å². The molecule has 2 rings (SSSR count). The predicted molar refractivity (Wildman–Crippen MR) is 266 cm³/mol. The van der Waals surface area contributed by atoms with E-state index >= 15 is 0 Å². The highest BCUT2D eigenvalue weighted by Crippen LogP contribution is 2.23. The highest BCUT2D eigenvalue weighted by atomic mass is 16.6. The zero-order valence-corrected chi connectivity index (χ0v) is 43.3. The molecule has 0 saturated heterocycles. The molecule has 0 aromatic heterocycles. The van der Waals surface area contributed by atoms with E-state index in [1.807, 2.05) is 55.4 Å². The van der Waals surface area contributed by atoms with Crippen LogP contribution in [0.3, 0.4) is 0 Å². The minimum Gasteiger partial charge on any atom is -0.460 e. The van der Waals surface area contributed by atoms with Gasteiger partial charge in [0.2, 0.25) is 0 Å². The summed E-state index contributed by atoms with van der Waals surface area (Å²) in [5, 5.41) is 10.1. The number of likely N-dealkylation sites (N-methyl/N-ethyl adjacent to an activating group) is 4. The number of aldehydes is 1. The number of ether oxygens (including phenoxy) is 3. The smallest absolute Gasteiger partial charge is 0.329 e. The maximum Gasteiger partial charge on any atom is 0.329 e. The minimum absolute atomic E-state index is 0.0109. The summed E-state index contributed by atoms with van der Waals surface area (Å²) in [4.78, 5) is 89.3. The third-order valence-electron chi connectivity index (χ3n) is 11.8. The molecule has 5 N–H and O–H groups in total. The van der Waals surface area contributed by atoms with Gasteiger partial charge in [0.15, 0.2) is 12.2 Å². The number of benzene rings is 2. The number of nitrogen functional groups attached to an aromatic ring is 2. The van der Waals surface area contributed by atoms with Crippen molar-refractivity contribution in [3.05, 3.63) is 59.7 Å². The number of aliphatic hydroxyl groups is 1. The van der Waals surface area contributed by atoms with E-state index in [-0.39, 0.29) is 56.0 Å². The molecule has 68 heavy (non-hydrogen) atoms. The van der Waals surface area contributed by atoms with E-state index < -0.39 is 78.3 Å². The first-order valence-electron chi connectivity index (χ1n) is 24.1. The molecular formula is C52H84N6O10. The van der Waals surface area contributed by atoms with Crippen LogP contribution in [0, 0.1) is 23.7 Å². The first-order chi connectivity index (χ1) is 31.7. The molecule has 8 unspecified atom stereocenters. The lowest BCUT2D eigenvalue weighted by Gasteiger charge is -2.34. The summed E-state index contributed by atoms with van der Waals surface area (Å²) in [5.74, 6) is -2.91. The van der Waals surface area contributed by atoms with Crippen LogP contribution >= 0.6 is 0 Å². The van der Waals surface area contributed by atoms with Crippen LogP contribution in [0.5, 0.6) is 0 Å². The van der Waals surface area contributed by atoms with Crippen LogP contribution in [0.15, 0.2) is 48.5 Å². The normalized spacial score (nSPS) is 15.4. The number of carbonyl (C=O) groups is 6. The van der Waals surface area contributed by atoms with Gasteiger partial charge in [0, 0.05) is 51.4 Å². The van der Waals surface area contributed by atoms with Gasteiger partial charge in [-0.25, -0.2) is 4.79 Å². The van der Waals surface area contributed by atoms with E-state index in [2.05, 4.69) is 0 Å². The van der Waals surface area contributed by atoms with Gasteiger partial charge in [0.25, 0.3) is 11.8 Å². The van der Waals surface area contributed by atoms with Crippen molar-refractivity contribution < 1.29 is 48.1 Å². The molecule has 2 amide bonds. The van der Waals surface area contributed by atoms with Gasteiger partial charge in [0.05, 0.1) is 12.1 Å². The van der Waals surface area contributed by atoms with Crippen molar-refractivity contribution in [3.63, 3.8) is 0 Å². The summed E-state index contributed by atoms with van der Waals surface area (Å²) in [6.07, 6.45) is -1.93. The quantitative estimate of drug-likeness (QED) is 0.0403. The van der Waals surface area contributed by atoms with Gasteiger partial charge in [0.1, 0.15) is 30.5 Å². The van der Waals surface area contributed by atoms with Crippen molar-refractivity contribution in [1.82, 2.24) is 19.6 Å². The minimum atomic E-state index is -1.31. The second-order valence-corrected chi connectivity index (χ2v) is 20.3. The maximum absolute atomic E-state index is 14.6. The fourth-order valence-electron chi connectivity index (χ4n) is 8.20. The molecule has 0 radical (unpaired) electrons. The molecule has 16 heteroatoms. The molecule has 0 spiro atoms. The van der Waals surface area contributed by atoms with Crippen LogP contribution in [0.2, 0.25) is 0 Å². The zero-order valence-electron chi connectivity index (χ0n) is 43.3. The average molecular weight is 953 g/mol. The van der Waals surface area contributed by atoms with Crippen LogP contribution < -0.4 is 11.5 Å². The summed E-state index contributed by atoms with van der Waals surface area (Å²) in [7, 11) is 6.46. The topological polar surface area (TPSA) is 215 Å². The van der Waals surface area contributed by atoms with Crippen LogP contribution in [-0.4, -0.2) is 151 Å². The molecule has 16 nitrogen and oxygen atoms in total. The van der Waals surface area contributed by atoms with E-state index in [1.165, 1.54) is 23.9 Å². The number of hydrogen-bond donors (Lipinski definition) is 3. The standard InChI is InChI=1S/C52H84N6O10/c1-32(2)23-41(31-59)57(13)48(61)47(28-39-17-15-16-18-42(39)54)68-51(64)44(25-34(5)6)56(12)30-37(10)66-52(65)45(26-35(7)8)58(14)49(62)46(27-38-19-21-40(53)22-20-38)67-50(63)43(24-33(3)4)55(11)29-36(9)60/h15-22,31-37,41,43-47,60H,23-30,53-54H2,1-14H3. The lowest BCUT2D eigenvalue weighted by Crippen LogP contribution is -2.52. The van der Waals surface area contributed by atoms with Gasteiger partial charge < -0.3 is 45.4 Å². The fourth-order valence-corrected chi connectivity index (χ4v) is 8.20. The lowest BCUT2D eigenvalue weighted by atomic mass is 10.00. The van der Waals surface area contributed by atoms with Crippen molar-refractivity contribution >= 4 is 47.4 Å². The van der Waals surface area contributed by atoms with Gasteiger partial charge >= 0.3 is 17.9 Å². The van der Waals surface area contributed by atoms with Gasteiger partial charge in [-0.15, -0.1) is 0 Å². The summed E-state index contributed by atoms with van der Waals surface area (Å²) in [6, 6.07) is 10.5. The number of aliphatic hydroxyl groups excluding tert-OH is 1. The van der Waals surface area contributed by atoms with Crippen LogP contribution in [0.4, 0.5) is 11.4 Å². The largest absolute Gasteiger partial charge is 0.460 e. The van der Waals surface area contributed by atoms with Crippen molar-refractivity contribution in [2.24, 2.45) is 23.7 Å². The number of rotatable bonds is 29. The average Bonchev–Trinajstić information content (AvgIpc) is 3.24. The van der Waals surface area contributed by atoms with E-state index in [0.717, 1.165) is 6.29 Å². The Morgan fingerprint density at radius 3 is 1.49 bits per heavy atom. The number of nitrogens with two attached hydrogens (primary N) is 2. The number of nitrogens with zero attached hydrogens (tertiary/aromatic N) is 4. The molecule has 0 fully saturated rings. The number of esters is 3. The second kappa shape index (κ2) is 28.4. The Morgan fingerprint density at radius 1 is 0.574 bits per heavy atom. The van der Waals surface area contributed by atoms with Gasteiger partial charge in [-0.1, -0.05) is 85.7 Å². The Hall–Kier alpha value is -5.06. The molecule has 0 aliphatic carbocycles. The van der Waals surface area contributed by atoms with Gasteiger partial charge in [-0.05, 0) is 107 Å². The fraction of sp³-hybridized carbons (Fsp3) is 0.654. The first-order valence-corrected chi connectivity index (χ1v) is 24.1. The van der Waals surface area contributed by atoms with E-state index in [9.17, 15) is 33.9 Å². The first kappa shape index (κ1) is 59.1. The van der Waals surface area contributed by atoms with Gasteiger partial charge in [-0.2, -0.15) is 0 Å². The number of amides is 2. The number of hydrogen-bond acceptors (Lipinski definition) is 14. The Kier molecular flexibility index (Phi) is 24.7. The summed E-state index contributed by atoms with van der Waals surface area (Å²) < 4.78 is 18.2. The zero-order chi connectivity index (χ0) is 51.6. The molecule has 0 heterocycles. The summed E-state index contributed by atoms with van der Waals surface area (Å²) in [6.45, 7) is 19.2. The van der Waals surface area contributed by atoms with E-state index in [1.54, 1.807) is 86.3 Å². The Labute approximate surface area is 406 Å². The molecule has 0 saturated carbocycles. The third kappa shape index (κ3) is 19.5. The molecule has 2 aromatic carbocycles. The van der Waals surface area contributed by atoms with Crippen LogP contribution in [-0.2, 0) is 55.8 Å². The molecule has 2 aromatic rings. The molecular weight excluding hydrogens is 869 g/mol. The van der Waals surface area contributed by atoms with Gasteiger partial charge in [-0.3, -0.25) is 29.0 Å². The Balaban J connectivity index is 2.42. The van der Waals surface area contributed by atoms with E-state index in [0.29, 0.717) is 41.8 Å². The van der Waals surface area contributed by atoms with Crippen LogP contribution in [0.1, 0.15) is 106 Å². The molecule has 382 valence electrons. The highest BCUT2D eigenvalue weighted by Gasteiger charge is 2.39. The summed E-state index contributed by atoms with van der Waals surface area (Å²) >= 11 is 0. The molecule has 0 aliphatic rings. The Bertz CT molecular complexity index is 1910. The predicted octanol–water partition coefficient (Wildman–Crippen LogP) is 5.41. The molecule has 0 bridgehead atoms. The lowest BCUT2D eigenvalue weighted by molar-refractivity contribution is -0.169. The highest BCUT2D eigenvalue weighted by molar-refractivity contribution is 5.89. The third-order valence-corrected chi connectivity index (χ3v) is 11.8. The Morgan fingerprint density at radius 2 is 1.01 bits per heavy atom. The molecule has 0 aliphatic heterocycles. The van der Waals surface area contributed by atoms with Crippen molar-refractivity contribution in [2.45, 2.75) is 156 Å². The maximum atomic E-state index is 14.6. The number of anilines is 2. The van der Waals surface area contributed by atoms with Crippen molar-refractivity contribution in [1.29, 1.82) is 0 Å². The monoisotopic (exact) mass is 953 g/mol. The number of para-hydroxylation sites is 1. The number of carbonyl (C=O) groups excluding carboxylic acids is 6. The second-order valence-electron chi connectivity index (χ2n) is 20.3.